The standard InChI is InChI=1S/C28H32FN5O9/c1-4-28(38-3,14-40-23(35)17-10-27(11-17)8-6-5-7-9-27)19(43-25(36)39-13-18-16(2)41-26(37)42-18)12-34-15-31-20-21(30)32-24(29)33-22(20)34/h1,15,17,19H,5-14H2,2-3H3,(H2,30,32,33)/t19-,28?/m0/s1. The van der Waals surface area contributed by atoms with Crippen LogP contribution in [0.3, 0.4) is 0 Å². The number of aromatic nitrogens is 4. The third-order valence-electron chi connectivity index (χ3n) is 8.39. The Morgan fingerprint density at radius 2 is 2.00 bits per heavy atom. The second kappa shape index (κ2) is 12.0. The zero-order valence-corrected chi connectivity index (χ0v) is 23.8. The molecule has 2 saturated carbocycles. The van der Waals surface area contributed by atoms with E-state index in [1.807, 2.05) is 0 Å². The number of nitrogens with zero attached hydrogens (tertiary/aromatic N) is 4. The first kappa shape index (κ1) is 30.0. The predicted octanol–water partition coefficient (Wildman–Crippen LogP) is 3.05. The molecule has 15 heteroatoms. The average Bonchev–Trinajstić information content (AvgIpc) is 3.52. The number of nitrogen functional groups attached to an aromatic ring is 1. The zero-order chi connectivity index (χ0) is 30.8. The SMILES string of the molecule is C#CC(COC(=O)C1CC2(CCCCC2)C1)(OC)[C@H](Cn1cnc2c(N)nc(F)nc21)OC(=O)OCc1oc(=O)oc1C. The van der Waals surface area contributed by atoms with Crippen molar-refractivity contribution < 1.29 is 41.8 Å². The quantitative estimate of drug-likeness (QED) is 0.203. The number of esters is 1. The molecular formula is C28H32FN5O9. The number of nitrogens with two attached hydrogens (primary N) is 1. The van der Waals surface area contributed by atoms with Crippen LogP contribution in [0, 0.1) is 36.7 Å². The molecular weight excluding hydrogens is 569 g/mol. The average molecular weight is 602 g/mol. The van der Waals surface area contributed by atoms with Crippen LogP contribution in [0.1, 0.15) is 56.5 Å². The molecule has 0 amide bonds. The molecule has 0 saturated heterocycles. The number of carbonyl (C=O) groups excluding carboxylic acids is 2. The highest BCUT2D eigenvalue weighted by molar-refractivity contribution is 5.81. The summed E-state index contributed by atoms with van der Waals surface area (Å²) in [6, 6.07) is 0. The highest BCUT2D eigenvalue weighted by Crippen LogP contribution is 2.55. The lowest BCUT2D eigenvalue weighted by Gasteiger charge is -2.49. The van der Waals surface area contributed by atoms with E-state index in [4.69, 9.17) is 39.9 Å². The number of ether oxygens (including phenoxy) is 4. The van der Waals surface area contributed by atoms with Gasteiger partial charge in [0.1, 0.15) is 12.1 Å². The smallest absolute Gasteiger partial charge is 0.461 e. The fourth-order valence-corrected chi connectivity index (χ4v) is 5.95. The van der Waals surface area contributed by atoms with Gasteiger partial charge in [0, 0.05) is 7.11 Å². The number of halogens is 1. The summed E-state index contributed by atoms with van der Waals surface area (Å²) in [6.45, 7) is 0.216. The van der Waals surface area contributed by atoms with Gasteiger partial charge in [-0.3, -0.25) is 4.79 Å². The molecule has 0 aromatic carbocycles. The lowest BCUT2D eigenvalue weighted by atomic mass is 9.56. The summed E-state index contributed by atoms with van der Waals surface area (Å²) in [5.41, 5.74) is 4.27. The number of fused-ring (bicyclic) bond motifs is 1. The molecule has 1 unspecified atom stereocenters. The lowest BCUT2D eigenvalue weighted by molar-refractivity contribution is -0.171. The molecule has 3 aromatic heterocycles. The van der Waals surface area contributed by atoms with Crippen LogP contribution in [-0.4, -0.2) is 57.1 Å². The van der Waals surface area contributed by atoms with Crippen LogP contribution in [-0.2, 0) is 36.9 Å². The van der Waals surface area contributed by atoms with Crippen molar-refractivity contribution in [3.63, 3.8) is 0 Å². The fraction of sp³-hybridized carbons (Fsp3) is 0.571. The van der Waals surface area contributed by atoms with Crippen molar-refractivity contribution in [3.8, 4) is 12.3 Å². The molecule has 2 N–H and O–H groups in total. The number of methoxy groups -OCH3 is 1. The number of hydrogen-bond donors (Lipinski definition) is 1. The van der Waals surface area contributed by atoms with E-state index in [0.717, 1.165) is 38.5 Å². The summed E-state index contributed by atoms with van der Waals surface area (Å²) in [6.07, 6.45) is 10.7. The fourth-order valence-electron chi connectivity index (χ4n) is 5.95. The number of aryl methyl sites for hydroxylation is 1. The van der Waals surface area contributed by atoms with E-state index in [-0.39, 0.29) is 46.4 Å². The van der Waals surface area contributed by atoms with Gasteiger partial charge in [-0.2, -0.15) is 14.4 Å². The van der Waals surface area contributed by atoms with Crippen molar-refractivity contribution in [2.24, 2.45) is 11.3 Å². The monoisotopic (exact) mass is 601 g/mol. The maximum absolute atomic E-state index is 14.0. The van der Waals surface area contributed by atoms with Crippen molar-refractivity contribution in [2.45, 2.75) is 76.7 Å². The van der Waals surface area contributed by atoms with Gasteiger partial charge in [0.15, 0.2) is 35.7 Å². The van der Waals surface area contributed by atoms with Crippen LogP contribution >= 0.6 is 0 Å². The first-order valence-corrected chi connectivity index (χ1v) is 13.8. The van der Waals surface area contributed by atoms with Crippen LogP contribution in [0.2, 0.25) is 0 Å². The van der Waals surface area contributed by atoms with E-state index in [9.17, 15) is 18.8 Å². The maximum atomic E-state index is 14.0. The second-order valence-corrected chi connectivity index (χ2v) is 11.0. The van der Waals surface area contributed by atoms with Gasteiger partial charge in [0.25, 0.3) is 0 Å². The molecule has 43 heavy (non-hydrogen) atoms. The van der Waals surface area contributed by atoms with Crippen molar-refractivity contribution in [1.82, 2.24) is 19.5 Å². The van der Waals surface area contributed by atoms with Gasteiger partial charge < -0.3 is 38.1 Å². The molecule has 2 atom stereocenters. The third kappa shape index (κ3) is 6.19. The minimum absolute atomic E-state index is 0.00553. The Kier molecular flexibility index (Phi) is 8.41. The first-order chi connectivity index (χ1) is 20.6. The van der Waals surface area contributed by atoms with E-state index in [1.54, 1.807) is 0 Å². The van der Waals surface area contributed by atoms with Gasteiger partial charge in [-0.1, -0.05) is 25.2 Å². The molecule has 1 spiro atoms. The lowest BCUT2D eigenvalue weighted by Crippen LogP contribution is -2.52. The third-order valence-corrected chi connectivity index (χ3v) is 8.39. The molecule has 3 aromatic rings. The Bertz CT molecular complexity index is 1590. The number of terminal acetylenes is 1. The topological polar surface area (TPSA) is 184 Å². The normalized spacial score (nSPS) is 18.4. The Labute approximate surface area is 245 Å². The van der Waals surface area contributed by atoms with Gasteiger partial charge >= 0.3 is 24.0 Å². The van der Waals surface area contributed by atoms with E-state index >= 15 is 0 Å². The molecule has 2 fully saturated rings. The van der Waals surface area contributed by atoms with Crippen LogP contribution in [0.25, 0.3) is 11.2 Å². The van der Waals surface area contributed by atoms with Crippen LogP contribution in [0.15, 0.2) is 20.0 Å². The maximum Gasteiger partial charge on any atom is 0.519 e. The summed E-state index contributed by atoms with van der Waals surface area (Å²) >= 11 is 0. The molecule has 3 heterocycles. The van der Waals surface area contributed by atoms with Crippen molar-refractivity contribution >= 4 is 29.1 Å². The van der Waals surface area contributed by atoms with Crippen molar-refractivity contribution in [1.29, 1.82) is 0 Å². The molecule has 14 nitrogen and oxygen atoms in total. The highest BCUT2D eigenvalue weighted by atomic mass is 19.1. The van der Waals surface area contributed by atoms with Gasteiger partial charge in [-0.05, 0) is 38.0 Å². The largest absolute Gasteiger partial charge is 0.519 e. The number of anilines is 1. The van der Waals surface area contributed by atoms with Crippen molar-refractivity contribution in [2.75, 3.05) is 19.5 Å². The molecule has 0 bridgehead atoms. The summed E-state index contributed by atoms with van der Waals surface area (Å²) in [5.74, 6) is 0.703. The van der Waals surface area contributed by atoms with Crippen molar-refractivity contribution in [3.05, 3.63) is 34.5 Å². The Morgan fingerprint density at radius 3 is 2.65 bits per heavy atom. The van der Waals surface area contributed by atoms with Crippen LogP contribution in [0.5, 0.6) is 0 Å². The van der Waals surface area contributed by atoms with Gasteiger partial charge in [0.05, 0.1) is 18.8 Å². The summed E-state index contributed by atoms with van der Waals surface area (Å²) in [4.78, 5) is 48.5. The minimum atomic E-state index is -1.81. The number of rotatable bonds is 10. The summed E-state index contributed by atoms with van der Waals surface area (Å²) in [5, 5.41) is 0. The van der Waals surface area contributed by atoms with E-state index in [2.05, 4.69) is 20.9 Å². The Balaban J connectivity index is 1.35. The molecule has 2 aliphatic rings. The van der Waals surface area contributed by atoms with E-state index in [1.165, 1.54) is 31.3 Å². The first-order valence-electron chi connectivity index (χ1n) is 13.8. The molecule has 0 radical (unpaired) electrons. The summed E-state index contributed by atoms with van der Waals surface area (Å²) in [7, 11) is 1.27. The molecule has 0 aliphatic heterocycles. The highest BCUT2D eigenvalue weighted by Gasteiger charge is 2.49. The molecule has 2 aliphatic carbocycles. The van der Waals surface area contributed by atoms with Gasteiger partial charge in [-0.25, -0.2) is 14.6 Å². The molecule has 230 valence electrons. The number of carbonyl (C=O) groups is 2. The second-order valence-electron chi connectivity index (χ2n) is 11.0. The van der Waals surface area contributed by atoms with Crippen LogP contribution < -0.4 is 11.6 Å². The Hall–Kier alpha value is -4.45. The van der Waals surface area contributed by atoms with Gasteiger partial charge in [0.2, 0.25) is 5.60 Å². The van der Waals surface area contributed by atoms with E-state index < -0.39 is 48.9 Å². The zero-order valence-electron chi connectivity index (χ0n) is 23.8. The Morgan fingerprint density at radius 1 is 1.26 bits per heavy atom. The number of imidazole rings is 1. The van der Waals surface area contributed by atoms with E-state index in [0.29, 0.717) is 0 Å². The van der Waals surface area contributed by atoms with Gasteiger partial charge in [-0.15, -0.1) is 6.42 Å². The predicted molar refractivity (Wildman–Crippen MR) is 145 cm³/mol. The number of hydrogen-bond acceptors (Lipinski definition) is 13. The summed E-state index contributed by atoms with van der Waals surface area (Å²) < 4.78 is 47.0. The molecule has 5 rings (SSSR count). The van der Waals surface area contributed by atoms with Crippen LogP contribution in [0.4, 0.5) is 15.0 Å². The minimum Gasteiger partial charge on any atom is -0.461 e.